The number of Topliss-reactive ketones (excluding diaryl/α,β-unsaturated/α-hetero) is 1. The van der Waals surface area contributed by atoms with Crippen molar-refractivity contribution >= 4 is 50.4 Å². The number of sulfonamides is 1. The van der Waals surface area contributed by atoms with E-state index in [9.17, 15) is 27.6 Å². The second-order valence-electron chi connectivity index (χ2n) is 15.1. The van der Waals surface area contributed by atoms with Crippen molar-refractivity contribution in [1.82, 2.24) is 19.9 Å². The van der Waals surface area contributed by atoms with Crippen LogP contribution < -0.4 is 14.8 Å². The van der Waals surface area contributed by atoms with Gasteiger partial charge in [-0.15, -0.1) is 6.58 Å². The SMILES string of the molecule is C=C[C@@H]1C[C@]1(CC(=O)[C@@H]1C[C@@H]2CN1C(=O)[C@H](C(C)(C)C)CC(=O)NCCC/C=C/c1ccc3ccnc(c3c1)O2)C(=O)NS(=O)(=O)C1CC1. The highest BCUT2D eigenvalue weighted by atomic mass is 32.2. The van der Waals surface area contributed by atoms with E-state index in [1.165, 1.54) is 4.90 Å². The number of benzene rings is 1. The van der Waals surface area contributed by atoms with Gasteiger partial charge in [-0.05, 0) is 66.5 Å². The van der Waals surface area contributed by atoms with E-state index in [0.29, 0.717) is 25.3 Å². The monoisotopic (exact) mass is 690 g/mol. The number of hydrogen-bond acceptors (Lipinski definition) is 8. The Labute approximate surface area is 288 Å². The first kappa shape index (κ1) is 34.8. The lowest BCUT2D eigenvalue weighted by atomic mass is 9.77. The van der Waals surface area contributed by atoms with Crippen LogP contribution in [0.5, 0.6) is 5.88 Å². The quantitative estimate of drug-likeness (QED) is 0.408. The molecule has 4 aliphatic rings. The third-order valence-electron chi connectivity index (χ3n) is 10.4. The molecule has 2 aromatic rings. The van der Waals surface area contributed by atoms with Gasteiger partial charge in [0.2, 0.25) is 33.6 Å². The summed E-state index contributed by atoms with van der Waals surface area (Å²) in [4.78, 5) is 61.5. The number of amides is 3. The molecule has 2 aliphatic heterocycles. The predicted octanol–water partition coefficient (Wildman–Crippen LogP) is 4.32. The first-order valence-electron chi connectivity index (χ1n) is 17.2. The van der Waals surface area contributed by atoms with Crippen LogP contribution in [0.3, 0.4) is 0 Å². The molecule has 2 N–H and O–H groups in total. The van der Waals surface area contributed by atoms with Crippen LogP contribution in [0.2, 0.25) is 0 Å². The predicted molar refractivity (Wildman–Crippen MR) is 186 cm³/mol. The molecule has 49 heavy (non-hydrogen) atoms. The largest absolute Gasteiger partial charge is 0.472 e. The standard InChI is InChI=1S/C37H46N4O7S/c1-5-25-20-37(25,35(45)40-49(46,47)27-12-13-27)21-31(42)30-18-26-22-41(30)34(44)29(36(2,3)4)19-32(43)38-15-8-6-7-9-23-10-11-24-14-16-39-33(48-26)28(24)17-23/h5,7,9-11,14,16-17,25-27,29-30H,1,6,8,12-13,15,18-22H2,2-4H3,(H,38,43)(H,40,45)/b9-7+/t25-,26-,29-,30+,37-/m1/s1. The molecule has 0 unspecified atom stereocenters. The van der Waals surface area contributed by atoms with Crippen molar-refractivity contribution in [2.45, 2.75) is 89.5 Å². The Kier molecular flexibility index (Phi) is 9.47. The summed E-state index contributed by atoms with van der Waals surface area (Å²) in [5.74, 6) is -2.36. The molecule has 6 rings (SSSR count). The summed E-state index contributed by atoms with van der Waals surface area (Å²) in [6.45, 7) is 10.1. The molecule has 0 spiro atoms. The highest BCUT2D eigenvalue weighted by Crippen LogP contribution is 2.57. The summed E-state index contributed by atoms with van der Waals surface area (Å²) in [7, 11) is -3.83. The molecule has 2 aliphatic carbocycles. The molecule has 3 heterocycles. The van der Waals surface area contributed by atoms with E-state index in [1.54, 1.807) is 12.3 Å². The van der Waals surface area contributed by atoms with Crippen molar-refractivity contribution in [3.05, 3.63) is 54.8 Å². The second-order valence-corrected chi connectivity index (χ2v) is 17.1. The number of rotatable bonds is 7. The normalized spacial score (nSPS) is 28.6. The fourth-order valence-corrected chi connectivity index (χ4v) is 8.53. The van der Waals surface area contributed by atoms with Crippen LogP contribution in [0.4, 0.5) is 0 Å². The molecule has 5 atom stereocenters. The van der Waals surface area contributed by atoms with E-state index in [1.807, 2.05) is 51.1 Å². The van der Waals surface area contributed by atoms with Crippen LogP contribution in [0.1, 0.15) is 77.7 Å². The van der Waals surface area contributed by atoms with Gasteiger partial charge in [-0.25, -0.2) is 13.4 Å². The number of pyridine rings is 1. The maximum Gasteiger partial charge on any atom is 0.240 e. The molecule has 3 amide bonds. The summed E-state index contributed by atoms with van der Waals surface area (Å²) in [6.07, 6.45) is 9.36. The molecule has 3 fully saturated rings. The highest BCUT2D eigenvalue weighted by Gasteiger charge is 2.61. The van der Waals surface area contributed by atoms with Gasteiger partial charge >= 0.3 is 0 Å². The Morgan fingerprint density at radius 3 is 2.67 bits per heavy atom. The van der Waals surface area contributed by atoms with Crippen LogP contribution in [0.15, 0.2) is 49.2 Å². The fourth-order valence-electron chi connectivity index (χ4n) is 7.14. The van der Waals surface area contributed by atoms with E-state index in [4.69, 9.17) is 4.74 Å². The topological polar surface area (TPSA) is 152 Å². The summed E-state index contributed by atoms with van der Waals surface area (Å²) in [6, 6.07) is 6.95. The van der Waals surface area contributed by atoms with Gasteiger partial charge in [-0.3, -0.25) is 23.9 Å². The molecule has 1 aromatic heterocycles. The average Bonchev–Trinajstić information content (AvgIpc) is 3.97. The van der Waals surface area contributed by atoms with Gasteiger partial charge in [0.15, 0.2) is 5.78 Å². The van der Waals surface area contributed by atoms with Crippen molar-refractivity contribution in [2.24, 2.45) is 22.7 Å². The summed E-state index contributed by atoms with van der Waals surface area (Å²) in [5, 5.41) is 4.10. The zero-order valence-corrected chi connectivity index (χ0v) is 29.3. The van der Waals surface area contributed by atoms with Gasteiger partial charge in [0.1, 0.15) is 6.10 Å². The Morgan fingerprint density at radius 2 is 1.98 bits per heavy atom. The van der Waals surface area contributed by atoms with Gasteiger partial charge < -0.3 is 15.0 Å². The molecule has 262 valence electrons. The maximum atomic E-state index is 14.5. The van der Waals surface area contributed by atoms with Gasteiger partial charge in [0, 0.05) is 37.4 Å². The van der Waals surface area contributed by atoms with Gasteiger partial charge in [0.25, 0.3) is 0 Å². The summed E-state index contributed by atoms with van der Waals surface area (Å²) >= 11 is 0. The molecule has 1 saturated heterocycles. The molecule has 4 bridgehead atoms. The van der Waals surface area contributed by atoms with Crippen molar-refractivity contribution in [3.63, 3.8) is 0 Å². The first-order chi connectivity index (χ1) is 23.2. The molecule has 1 aromatic carbocycles. The molecular weight excluding hydrogens is 644 g/mol. The molecular formula is C37H46N4O7S. The van der Waals surface area contributed by atoms with Gasteiger partial charge in [-0.2, -0.15) is 0 Å². The van der Waals surface area contributed by atoms with Crippen molar-refractivity contribution in [3.8, 4) is 5.88 Å². The molecule has 11 nitrogen and oxygen atoms in total. The number of nitrogens with zero attached hydrogens (tertiary/aromatic N) is 2. The number of nitrogens with one attached hydrogen (secondary N) is 2. The third kappa shape index (κ3) is 7.44. The minimum atomic E-state index is -3.83. The Balaban J connectivity index is 1.33. The molecule has 2 saturated carbocycles. The molecule has 0 radical (unpaired) electrons. The summed E-state index contributed by atoms with van der Waals surface area (Å²) in [5.41, 5.74) is -0.903. The smallest absolute Gasteiger partial charge is 0.240 e. The van der Waals surface area contributed by atoms with E-state index in [0.717, 1.165) is 29.2 Å². The third-order valence-corrected chi connectivity index (χ3v) is 12.2. The van der Waals surface area contributed by atoms with Crippen LogP contribution in [-0.2, 0) is 29.2 Å². The minimum Gasteiger partial charge on any atom is -0.472 e. The van der Waals surface area contributed by atoms with Crippen molar-refractivity contribution < 1.29 is 32.3 Å². The Bertz CT molecular complexity index is 1810. The lowest BCUT2D eigenvalue weighted by Gasteiger charge is -2.35. The average molecular weight is 691 g/mol. The van der Waals surface area contributed by atoms with Crippen molar-refractivity contribution in [2.75, 3.05) is 13.1 Å². The zero-order valence-electron chi connectivity index (χ0n) is 28.4. The minimum absolute atomic E-state index is 0.0452. The number of ether oxygens (including phenoxy) is 1. The van der Waals surface area contributed by atoms with E-state index < -0.39 is 50.1 Å². The second kappa shape index (κ2) is 13.3. The van der Waals surface area contributed by atoms with Crippen LogP contribution in [-0.4, -0.2) is 72.3 Å². The lowest BCUT2D eigenvalue weighted by molar-refractivity contribution is -0.146. The van der Waals surface area contributed by atoms with Crippen LogP contribution in [0, 0.1) is 22.7 Å². The van der Waals surface area contributed by atoms with Gasteiger partial charge in [-0.1, -0.05) is 51.1 Å². The van der Waals surface area contributed by atoms with E-state index in [-0.39, 0.29) is 55.7 Å². The number of fused-ring (bicyclic) bond motifs is 3. The van der Waals surface area contributed by atoms with Gasteiger partial charge in [0.05, 0.1) is 29.2 Å². The highest BCUT2D eigenvalue weighted by molar-refractivity contribution is 7.90. The lowest BCUT2D eigenvalue weighted by Crippen LogP contribution is -2.49. The Hall–Kier alpha value is -4.06. The van der Waals surface area contributed by atoms with E-state index >= 15 is 0 Å². The number of aromatic nitrogens is 1. The number of ketones is 1. The summed E-state index contributed by atoms with van der Waals surface area (Å²) < 4.78 is 34.1. The number of hydrogen-bond donors (Lipinski definition) is 2. The van der Waals surface area contributed by atoms with E-state index in [2.05, 4.69) is 27.7 Å². The zero-order chi connectivity index (χ0) is 35.1. The van der Waals surface area contributed by atoms with Crippen LogP contribution in [0.25, 0.3) is 16.8 Å². The molecule has 12 heteroatoms. The van der Waals surface area contributed by atoms with Crippen molar-refractivity contribution in [1.29, 1.82) is 0 Å². The first-order valence-corrected chi connectivity index (χ1v) is 18.8. The van der Waals surface area contributed by atoms with Crippen LogP contribution >= 0.6 is 0 Å². The number of allylic oxidation sites excluding steroid dienone is 2. The Morgan fingerprint density at radius 1 is 1.20 bits per heavy atom. The fraction of sp³-hybridized carbons (Fsp3) is 0.541. The maximum absolute atomic E-state index is 14.5. The number of carbonyl (C=O) groups is 4. The number of carbonyl (C=O) groups excluding carboxylic acids is 4.